The van der Waals surface area contributed by atoms with Gasteiger partial charge >= 0.3 is 0 Å². The van der Waals surface area contributed by atoms with Gasteiger partial charge < -0.3 is 0 Å². The molecule has 0 unspecified atom stereocenters. The highest BCUT2D eigenvalue weighted by Crippen LogP contribution is 2.62. The van der Waals surface area contributed by atoms with Gasteiger partial charge in [0.05, 0.1) is 5.31 Å². The van der Waals surface area contributed by atoms with E-state index in [0.29, 0.717) is 0 Å². The van der Waals surface area contributed by atoms with Crippen molar-refractivity contribution in [1.82, 2.24) is 0 Å². The Morgan fingerprint density at radius 2 is 0.862 bits per heavy atom. The van der Waals surface area contributed by atoms with E-state index in [0.717, 1.165) is 12.8 Å². The van der Waals surface area contributed by atoms with Gasteiger partial charge in [-0.3, -0.25) is 0 Å². The van der Waals surface area contributed by atoms with Crippen molar-refractivity contribution in [2.75, 3.05) is 0 Å². The quantitative estimate of drug-likeness (QED) is 0.332. The highest BCUT2D eigenvalue weighted by molar-refractivity contribution is 7.99. The molecule has 0 saturated heterocycles. The molecule has 0 spiro atoms. The number of allylic oxidation sites excluding steroid dienone is 1. The fourth-order valence-corrected chi connectivity index (χ4v) is 8.35. The molecule has 29 heavy (non-hydrogen) atoms. The maximum Gasteiger partial charge on any atom is 0.139 e. The molecule has 0 bridgehead atoms. The standard InChI is InChI=1S/C28H26P/c1-24(22-23-25-14-6-2-7-15-25)29(26-16-8-3-9-17-26,27-18-10-4-11-19-27)28-20-12-5-13-21-28/h2-21H,1,22-23H2/q+1. The van der Waals surface area contributed by atoms with Gasteiger partial charge in [-0.2, -0.15) is 0 Å². The lowest BCUT2D eigenvalue weighted by Crippen LogP contribution is -2.32. The molecular weight excluding hydrogens is 367 g/mol. The third-order valence-corrected chi connectivity index (χ3v) is 9.84. The summed E-state index contributed by atoms with van der Waals surface area (Å²) in [6, 6.07) is 43.6. The van der Waals surface area contributed by atoms with Gasteiger partial charge in [0, 0.05) is 6.42 Å². The van der Waals surface area contributed by atoms with Crippen LogP contribution in [0, 0.1) is 0 Å². The van der Waals surface area contributed by atoms with Crippen molar-refractivity contribution in [2.24, 2.45) is 0 Å². The lowest BCUT2D eigenvalue weighted by Gasteiger charge is -2.29. The molecule has 0 amide bonds. The Morgan fingerprint density at radius 3 is 1.24 bits per heavy atom. The van der Waals surface area contributed by atoms with Crippen LogP contribution in [0.1, 0.15) is 12.0 Å². The fourth-order valence-electron chi connectivity index (χ4n) is 4.05. The summed E-state index contributed by atoms with van der Waals surface area (Å²) >= 11 is 0. The number of hydrogen-bond acceptors (Lipinski definition) is 0. The maximum absolute atomic E-state index is 4.72. The predicted octanol–water partition coefficient (Wildman–Crippen LogP) is 6.13. The molecule has 0 aliphatic carbocycles. The van der Waals surface area contributed by atoms with Gasteiger partial charge in [0.15, 0.2) is 0 Å². The minimum Gasteiger partial charge on any atom is -0.0622 e. The lowest BCUT2D eigenvalue weighted by molar-refractivity contribution is 0.989. The zero-order chi connectivity index (χ0) is 19.9. The van der Waals surface area contributed by atoms with Gasteiger partial charge in [-0.15, -0.1) is 0 Å². The van der Waals surface area contributed by atoms with Crippen molar-refractivity contribution in [3.8, 4) is 0 Å². The zero-order valence-corrected chi connectivity index (χ0v) is 17.5. The van der Waals surface area contributed by atoms with Crippen LogP contribution in [0.5, 0.6) is 0 Å². The summed E-state index contributed by atoms with van der Waals surface area (Å²) in [4.78, 5) is 0. The molecule has 4 aromatic carbocycles. The topological polar surface area (TPSA) is 0 Å². The number of benzene rings is 4. The van der Waals surface area contributed by atoms with Crippen molar-refractivity contribution in [3.05, 3.63) is 139 Å². The summed E-state index contributed by atoms with van der Waals surface area (Å²) < 4.78 is 0. The lowest BCUT2D eigenvalue weighted by atomic mass is 10.1. The largest absolute Gasteiger partial charge is 0.139 e. The van der Waals surface area contributed by atoms with Crippen molar-refractivity contribution in [3.63, 3.8) is 0 Å². The SMILES string of the molecule is C=C(CCc1ccccc1)[P+](c1ccccc1)(c1ccccc1)c1ccccc1. The van der Waals surface area contributed by atoms with Gasteiger partial charge in [0.2, 0.25) is 0 Å². The Labute approximate surface area is 174 Å². The van der Waals surface area contributed by atoms with Crippen LogP contribution in [-0.2, 0) is 6.42 Å². The normalized spacial score (nSPS) is 11.2. The highest BCUT2D eigenvalue weighted by atomic mass is 31.2. The number of rotatable bonds is 7. The van der Waals surface area contributed by atoms with Gasteiger partial charge in [0.1, 0.15) is 23.2 Å². The smallest absolute Gasteiger partial charge is 0.0622 e. The predicted molar refractivity (Wildman–Crippen MR) is 129 cm³/mol. The third-order valence-electron chi connectivity index (χ3n) is 5.45. The summed E-state index contributed by atoms with van der Waals surface area (Å²) in [7, 11) is -1.98. The molecule has 0 N–H and O–H groups in total. The maximum atomic E-state index is 4.72. The summed E-state index contributed by atoms with van der Waals surface area (Å²) in [6.07, 6.45) is 1.98. The van der Waals surface area contributed by atoms with Gasteiger partial charge in [-0.25, -0.2) is 0 Å². The first-order valence-electron chi connectivity index (χ1n) is 10.1. The van der Waals surface area contributed by atoms with Crippen LogP contribution < -0.4 is 15.9 Å². The first-order valence-corrected chi connectivity index (χ1v) is 11.9. The molecule has 0 nitrogen and oxygen atoms in total. The van der Waals surface area contributed by atoms with Crippen LogP contribution in [0.15, 0.2) is 133 Å². The van der Waals surface area contributed by atoms with E-state index in [1.807, 2.05) is 0 Å². The molecule has 0 heterocycles. The van der Waals surface area contributed by atoms with E-state index in [-0.39, 0.29) is 0 Å². The number of aryl methyl sites for hydroxylation is 1. The molecule has 0 atom stereocenters. The monoisotopic (exact) mass is 393 g/mol. The first-order chi connectivity index (χ1) is 14.3. The highest BCUT2D eigenvalue weighted by Gasteiger charge is 2.48. The Bertz CT molecular complexity index is 942. The first kappa shape index (κ1) is 19.4. The van der Waals surface area contributed by atoms with Crippen LogP contribution >= 0.6 is 7.26 Å². The molecule has 4 aromatic rings. The van der Waals surface area contributed by atoms with Crippen molar-refractivity contribution in [2.45, 2.75) is 12.8 Å². The second-order valence-corrected chi connectivity index (χ2v) is 10.8. The molecule has 0 aliphatic heterocycles. The summed E-state index contributed by atoms with van der Waals surface area (Å²) in [5, 5.41) is 5.44. The molecule has 1 heteroatoms. The third kappa shape index (κ3) is 3.95. The zero-order valence-electron chi connectivity index (χ0n) is 16.6. The molecule has 0 saturated carbocycles. The van der Waals surface area contributed by atoms with Gasteiger partial charge in [-0.1, -0.05) is 91.5 Å². The van der Waals surface area contributed by atoms with E-state index in [1.54, 1.807) is 0 Å². The van der Waals surface area contributed by atoms with E-state index in [1.165, 1.54) is 26.8 Å². The fraction of sp³-hybridized carbons (Fsp3) is 0.0714. The van der Waals surface area contributed by atoms with E-state index in [4.69, 9.17) is 6.58 Å². The summed E-state index contributed by atoms with van der Waals surface area (Å²) in [5.41, 5.74) is 1.36. The van der Waals surface area contributed by atoms with Crippen LogP contribution in [0.3, 0.4) is 0 Å². The Hall–Kier alpha value is -2.95. The number of hydrogen-bond donors (Lipinski definition) is 0. The van der Waals surface area contributed by atoms with Crippen molar-refractivity contribution in [1.29, 1.82) is 0 Å². The average molecular weight is 393 g/mol. The molecule has 0 aliphatic rings. The Balaban J connectivity index is 1.87. The van der Waals surface area contributed by atoms with Gasteiger partial charge in [-0.05, 0) is 48.4 Å². The summed E-state index contributed by atoms with van der Waals surface area (Å²) in [5.74, 6) is 0. The van der Waals surface area contributed by atoms with Crippen molar-refractivity contribution >= 4 is 23.2 Å². The molecule has 142 valence electrons. The van der Waals surface area contributed by atoms with Crippen LogP contribution in [0.2, 0.25) is 0 Å². The van der Waals surface area contributed by atoms with Crippen molar-refractivity contribution < 1.29 is 0 Å². The van der Waals surface area contributed by atoms with Gasteiger partial charge in [0.25, 0.3) is 0 Å². The van der Waals surface area contributed by atoms with Crippen LogP contribution in [0.25, 0.3) is 0 Å². The molecule has 0 radical (unpaired) electrons. The Morgan fingerprint density at radius 1 is 0.517 bits per heavy atom. The van der Waals surface area contributed by atoms with E-state index in [2.05, 4.69) is 121 Å². The molecule has 4 rings (SSSR count). The van der Waals surface area contributed by atoms with Crippen LogP contribution in [0.4, 0.5) is 0 Å². The molecular formula is C28H26P+. The van der Waals surface area contributed by atoms with E-state index in [9.17, 15) is 0 Å². The minimum atomic E-state index is -1.98. The Kier molecular flexibility index (Phi) is 6.03. The average Bonchev–Trinajstić information content (AvgIpc) is 2.81. The molecule has 0 fully saturated rings. The second kappa shape index (κ2) is 9.03. The molecule has 0 aromatic heterocycles. The van der Waals surface area contributed by atoms with Crippen LogP contribution in [-0.4, -0.2) is 0 Å². The minimum absolute atomic E-state index is 0.969. The second-order valence-electron chi connectivity index (χ2n) is 7.23. The van der Waals surface area contributed by atoms with E-state index >= 15 is 0 Å². The summed E-state index contributed by atoms with van der Waals surface area (Å²) in [6.45, 7) is 4.72. The van der Waals surface area contributed by atoms with E-state index < -0.39 is 7.26 Å².